The van der Waals surface area contributed by atoms with Gasteiger partial charge in [-0.15, -0.1) is 0 Å². The highest BCUT2D eigenvalue weighted by Crippen LogP contribution is 2.08. The Labute approximate surface area is 76.0 Å². The first kappa shape index (κ1) is 11.6. The first-order chi connectivity index (χ1) is 6.02. The molecule has 13 heavy (non-hydrogen) atoms. The molecule has 0 radical (unpaired) electrons. The molecule has 0 unspecified atom stereocenters. The molecule has 0 aromatic rings. The fourth-order valence-electron chi connectivity index (χ4n) is 0.835. The Morgan fingerprint density at radius 2 is 1.46 bits per heavy atom. The average Bonchev–Trinajstić information content (AvgIpc) is 2.11. The van der Waals surface area contributed by atoms with Crippen LogP contribution < -0.4 is 0 Å². The van der Waals surface area contributed by atoms with Crippen LogP contribution in [0.2, 0.25) is 0 Å². The summed E-state index contributed by atoms with van der Waals surface area (Å²) in [5.41, 5.74) is 0. The summed E-state index contributed by atoms with van der Waals surface area (Å²) in [6.07, 6.45) is -0.181. The van der Waals surface area contributed by atoms with E-state index in [0.717, 1.165) is 14.2 Å². The van der Waals surface area contributed by atoms with E-state index in [1.807, 2.05) is 0 Å². The molecule has 0 aliphatic rings. The third-order valence-electron chi connectivity index (χ3n) is 1.46. The Kier molecular flexibility index (Phi) is 4.72. The lowest BCUT2D eigenvalue weighted by atomic mass is 10.0. The Balaban J connectivity index is 4.45. The number of carbonyl (C=O) groups excluding carboxylic acids is 3. The summed E-state index contributed by atoms with van der Waals surface area (Å²) in [7, 11) is 2.30. The molecule has 0 rings (SSSR count). The molecule has 5 nitrogen and oxygen atoms in total. The normalized spacial score (nSPS) is 9.54. The van der Waals surface area contributed by atoms with Gasteiger partial charge < -0.3 is 9.47 Å². The highest BCUT2D eigenvalue weighted by atomic mass is 16.5. The molecule has 0 N–H and O–H groups in total. The highest BCUT2D eigenvalue weighted by molar-refractivity contribution is 5.98. The van der Waals surface area contributed by atoms with Crippen molar-refractivity contribution in [3.8, 4) is 0 Å². The second-order valence-corrected chi connectivity index (χ2v) is 2.51. The predicted molar refractivity (Wildman–Crippen MR) is 42.8 cm³/mol. The minimum atomic E-state index is -1.13. The van der Waals surface area contributed by atoms with E-state index in [0.29, 0.717) is 0 Å². The van der Waals surface area contributed by atoms with Crippen molar-refractivity contribution in [2.75, 3.05) is 14.2 Å². The van der Waals surface area contributed by atoms with Gasteiger partial charge in [0.25, 0.3) is 0 Å². The molecule has 0 atom stereocenters. The van der Waals surface area contributed by atoms with Crippen LogP contribution in [0.3, 0.4) is 0 Å². The molecule has 5 heteroatoms. The number of hydrogen-bond acceptors (Lipinski definition) is 5. The van der Waals surface area contributed by atoms with Crippen molar-refractivity contribution in [3.05, 3.63) is 0 Å². The number of methoxy groups -OCH3 is 2. The zero-order valence-electron chi connectivity index (χ0n) is 7.83. The molecule has 0 aromatic heterocycles. The molecule has 0 saturated heterocycles. The van der Waals surface area contributed by atoms with Crippen molar-refractivity contribution in [1.29, 1.82) is 0 Å². The van der Waals surface area contributed by atoms with Crippen molar-refractivity contribution in [2.24, 2.45) is 5.92 Å². The highest BCUT2D eigenvalue weighted by Gasteiger charge is 2.29. The Bertz CT molecular complexity index is 205. The van der Waals surface area contributed by atoms with Gasteiger partial charge in [0.15, 0.2) is 5.92 Å². The van der Waals surface area contributed by atoms with Crippen molar-refractivity contribution in [3.63, 3.8) is 0 Å². The maximum Gasteiger partial charge on any atom is 0.320 e. The summed E-state index contributed by atoms with van der Waals surface area (Å²) in [6, 6.07) is 0. The molecule has 0 aliphatic heterocycles. The number of carbonyl (C=O) groups is 3. The van der Waals surface area contributed by atoms with E-state index in [9.17, 15) is 14.4 Å². The van der Waals surface area contributed by atoms with Gasteiger partial charge in [0.1, 0.15) is 5.78 Å². The van der Waals surface area contributed by atoms with Crippen molar-refractivity contribution in [1.82, 2.24) is 0 Å². The summed E-state index contributed by atoms with van der Waals surface area (Å²) >= 11 is 0. The predicted octanol–water partition coefficient (Wildman–Crippen LogP) is -0.0723. The van der Waals surface area contributed by atoms with Gasteiger partial charge in [0.2, 0.25) is 0 Å². The van der Waals surface area contributed by atoms with Crippen LogP contribution in [0.4, 0.5) is 0 Å². The van der Waals surface area contributed by atoms with Crippen LogP contribution in [-0.2, 0) is 23.9 Å². The van der Waals surface area contributed by atoms with Crippen LogP contribution in [0, 0.1) is 5.92 Å². The van der Waals surface area contributed by atoms with Gasteiger partial charge in [-0.05, 0) is 6.92 Å². The summed E-state index contributed by atoms with van der Waals surface area (Å²) in [4.78, 5) is 32.6. The number of ether oxygens (including phenoxy) is 2. The van der Waals surface area contributed by atoms with Crippen molar-refractivity contribution in [2.45, 2.75) is 13.3 Å². The average molecular weight is 188 g/mol. The third-order valence-corrected chi connectivity index (χ3v) is 1.46. The van der Waals surface area contributed by atoms with Gasteiger partial charge in [0.05, 0.1) is 14.2 Å². The van der Waals surface area contributed by atoms with Gasteiger partial charge in [0, 0.05) is 6.42 Å². The number of ketones is 1. The zero-order chi connectivity index (χ0) is 10.4. The van der Waals surface area contributed by atoms with E-state index in [1.165, 1.54) is 6.92 Å². The lowest BCUT2D eigenvalue weighted by Crippen LogP contribution is -2.28. The van der Waals surface area contributed by atoms with Crippen LogP contribution in [0.5, 0.6) is 0 Å². The smallest absolute Gasteiger partial charge is 0.320 e. The minimum absolute atomic E-state index is 0.181. The van der Waals surface area contributed by atoms with E-state index in [4.69, 9.17) is 0 Å². The molecule has 0 bridgehead atoms. The van der Waals surface area contributed by atoms with E-state index >= 15 is 0 Å². The zero-order valence-corrected chi connectivity index (χ0v) is 7.83. The Morgan fingerprint density at radius 3 is 1.69 bits per heavy atom. The largest absolute Gasteiger partial charge is 0.468 e. The van der Waals surface area contributed by atoms with Crippen LogP contribution >= 0.6 is 0 Å². The molecular formula is C8H12O5. The molecule has 0 fully saturated rings. The molecule has 74 valence electrons. The SMILES string of the molecule is COC(=O)C(CC(C)=O)C(=O)OC. The third kappa shape index (κ3) is 3.68. The van der Waals surface area contributed by atoms with Gasteiger partial charge in [-0.2, -0.15) is 0 Å². The summed E-state index contributed by atoms with van der Waals surface area (Å²) in [6.45, 7) is 1.29. The van der Waals surface area contributed by atoms with Crippen LogP contribution in [0.25, 0.3) is 0 Å². The molecule has 0 spiro atoms. The summed E-state index contributed by atoms with van der Waals surface area (Å²) < 4.78 is 8.69. The van der Waals surface area contributed by atoms with Crippen LogP contribution in [0.1, 0.15) is 13.3 Å². The van der Waals surface area contributed by atoms with Gasteiger partial charge in [-0.3, -0.25) is 14.4 Å². The number of esters is 2. The lowest BCUT2D eigenvalue weighted by Gasteiger charge is -2.09. The van der Waals surface area contributed by atoms with Crippen molar-refractivity contribution < 1.29 is 23.9 Å². The Hall–Kier alpha value is -1.39. The minimum Gasteiger partial charge on any atom is -0.468 e. The van der Waals surface area contributed by atoms with E-state index < -0.39 is 17.9 Å². The van der Waals surface area contributed by atoms with Crippen LogP contribution in [0.15, 0.2) is 0 Å². The first-order valence-corrected chi connectivity index (χ1v) is 3.68. The Morgan fingerprint density at radius 1 is 1.08 bits per heavy atom. The number of Topliss-reactive ketones (excluding diaryl/α,β-unsaturated/α-hetero) is 1. The second kappa shape index (κ2) is 5.29. The maximum atomic E-state index is 11.0. The summed E-state index contributed by atoms with van der Waals surface area (Å²) in [5.74, 6) is -2.89. The molecule has 0 amide bonds. The first-order valence-electron chi connectivity index (χ1n) is 3.68. The standard InChI is InChI=1S/C8H12O5/c1-5(9)4-6(7(10)12-2)8(11)13-3/h6H,4H2,1-3H3. The van der Waals surface area contributed by atoms with E-state index in [-0.39, 0.29) is 12.2 Å². The summed E-state index contributed by atoms with van der Waals surface area (Å²) in [5, 5.41) is 0. The molecule has 0 aromatic carbocycles. The number of hydrogen-bond donors (Lipinski definition) is 0. The quantitative estimate of drug-likeness (QED) is 0.456. The van der Waals surface area contributed by atoms with E-state index in [1.54, 1.807) is 0 Å². The van der Waals surface area contributed by atoms with Gasteiger partial charge in [-0.25, -0.2) is 0 Å². The lowest BCUT2D eigenvalue weighted by molar-refractivity contribution is -0.160. The molecule has 0 heterocycles. The van der Waals surface area contributed by atoms with Crippen molar-refractivity contribution >= 4 is 17.7 Å². The molecule has 0 saturated carbocycles. The second-order valence-electron chi connectivity index (χ2n) is 2.51. The molecule has 0 aliphatic carbocycles. The maximum absolute atomic E-state index is 11.0. The van der Waals surface area contributed by atoms with Gasteiger partial charge >= 0.3 is 11.9 Å². The fourth-order valence-corrected chi connectivity index (χ4v) is 0.835. The van der Waals surface area contributed by atoms with Gasteiger partial charge in [-0.1, -0.05) is 0 Å². The monoisotopic (exact) mass is 188 g/mol. The molecular weight excluding hydrogens is 176 g/mol. The fraction of sp³-hybridized carbons (Fsp3) is 0.625. The van der Waals surface area contributed by atoms with E-state index in [2.05, 4.69) is 9.47 Å². The van der Waals surface area contributed by atoms with Crippen LogP contribution in [-0.4, -0.2) is 31.9 Å². The number of rotatable bonds is 4. The topological polar surface area (TPSA) is 69.7 Å².